The van der Waals surface area contributed by atoms with Crippen LogP contribution in [0.5, 0.6) is 5.75 Å². The van der Waals surface area contributed by atoms with E-state index in [1.165, 1.54) is 0 Å². The van der Waals surface area contributed by atoms with Gasteiger partial charge in [-0.05, 0) is 54.7 Å². The molecule has 0 aliphatic carbocycles. The maximum absolute atomic E-state index is 12.2. The zero-order chi connectivity index (χ0) is 20.7. The van der Waals surface area contributed by atoms with Gasteiger partial charge in [0.25, 0.3) is 11.8 Å². The normalized spacial score (nSPS) is 12.2. The topological polar surface area (TPSA) is 67.4 Å². The van der Waals surface area contributed by atoms with Crippen LogP contribution in [0.2, 0.25) is 0 Å². The summed E-state index contributed by atoms with van der Waals surface area (Å²) in [5, 5.41) is 5.71. The van der Waals surface area contributed by atoms with E-state index in [2.05, 4.69) is 31.4 Å². The molecule has 2 rings (SSSR count). The highest BCUT2D eigenvalue weighted by atomic mass is 16.5. The maximum atomic E-state index is 12.2. The van der Waals surface area contributed by atoms with Crippen LogP contribution >= 0.6 is 0 Å². The highest BCUT2D eigenvalue weighted by Crippen LogP contribution is 2.30. The Morgan fingerprint density at radius 3 is 2.29 bits per heavy atom. The van der Waals surface area contributed by atoms with Crippen molar-refractivity contribution < 1.29 is 14.3 Å². The number of hydrogen-bond acceptors (Lipinski definition) is 3. The van der Waals surface area contributed by atoms with Gasteiger partial charge < -0.3 is 15.4 Å². The van der Waals surface area contributed by atoms with Crippen LogP contribution in [0.4, 0.5) is 5.69 Å². The molecule has 0 saturated heterocycles. The predicted octanol–water partition coefficient (Wildman–Crippen LogP) is 4.53. The van der Waals surface area contributed by atoms with Crippen LogP contribution < -0.4 is 15.4 Å². The van der Waals surface area contributed by atoms with Crippen molar-refractivity contribution in [2.45, 2.75) is 52.5 Å². The van der Waals surface area contributed by atoms with E-state index in [1.807, 2.05) is 38.1 Å². The third-order valence-corrected chi connectivity index (χ3v) is 4.47. The van der Waals surface area contributed by atoms with E-state index in [0.717, 1.165) is 12.0 Å². The molecule has 0 bridgehead atoms. The van der Waals surface area contributed by atoms with Crippen LogP contribution in [0.15, 0.2) is 48.5 Å². The molecule has 28 heavy (non-hydrogen) atoms. The number of carbonyl (C=O) groups is 2. The Bertz CT molecular complexity index is 807. The number of benzene rings is 2. The lowest BCUT2D eigenvalue weighted by Gasteiger charge is -2.22. The Kier molecular flexibility index (Phi) is 7.21. The molecule has 2 aromatic carbocycles. The van der Waals surface area contributed by atoms with Gasteiger partial charge in [0, 0.05) is 17.3 Å². The minimum atomic E-state index is -0.250. The first kappa shape index (κ1) is 21.5. The van der Waals surface area contributed by atoms with E-state index in [1.54, 1.807) is 24.3 Å². The van der Waals surface area contributed by atoms with Gasteiger partial charge in [0.1, 0.15) is 5.75 Å². The number of nitrogens with one attached hydrogen (secondary N) is 2. The van der Waals surface area contributed by atoms with Gasteiger partial charge in [-0.25, -0.2) is 0 Å². The maximum Gasteiger partial charge on any atom is 0.262 e. The van der Waals surface area contributed by atoms with E-state index < -0.39 is 0 Å². The van der Waals surface area contributed by atoms with Crippen molar-refractivity contribution in [1.82, 2.24) is 5.32 Å². The standard InChI is InChI=1S/C23H30N2O3/c1-6-16(2)24-22(27)17-11-13-18(14-12-17)25-21(26)15-28-20-10-8-7-9-19(20)23(3,4)5/h7-14,16H,6,15H2,1-5H3,(H,24,27)(H,25,26). The molecule has 5 heteroatoms. The first-order chi connectivity index (χ1) is 13.2. The summed E-state index contributed by atoms with van der Waals surface area (Å²) in [4.78, 5) is 24.3. The molecule has 2 amide bonds. The van der Waals surface area contributed by atoms with Gasteiger partial charge in [0.2, 0.25) is 0 Å². The van der Waals surface area contributed by atoms with Gasteiger partial charge in [-0.15, -0.1) is 0 Å². The fourth-order valence-corrected chi connectivity index (χ4v) is 2.67. The summed E-state index contributed by atoms with van der Waals surface area (Å²) in [5.74, 6) is 0.345. The summed E-state index contributed by atoms with van der Waals surface area (Å²) >= 11 is 0. The molecular formula is C23H30N2O3. The first-order valence-electron chi connectivity index (χ1n) is 9.63. The second-order valence-corrected chi connectivity index (χ2v) is 7.94. The van der Waals surface area contributed by atoms with Crippen LogP contribution in [0.25, 0.3) is 0 Å². The zero-order valence-corrected chi connectivity index (χ0v) is 17.3. The van der Waals surface area contributed by atoms with Crippen LogP contribution in [-0.2, 0) is 10.2 Å². The first-order valence-corrected chi connectivity index (χ1v) is 9.63. The van der Waals surface area contributed by atoms with E-state index in [0.29, 0.717) is 17.0 Å². The molecule has 0 spiro atoms. The zero-order valence-electron chi connectivity index (χ0n) is 17.3. The third-order valence-electron chi connectivity index (χ3n) is 4.47. The molecule has 0 fully saturated rings. The fraction of sp³-hybridized carbons (Fsp3) is 0.391. The SMILES string of the molecule is CCC(C)NC(=O)c1ccc(NC(=O)COc2ccccc2C(C)(C)C)cc1. The summed E-state index contributed by atoms with van der Waals surface area (Å²) < 4.78 is 5.74. The van der Waals surface area contributed by atoms with E-state index in [9.17, 15) is 9.59 Å². The van der Waals surface area contributed by atoms with Crippen molar-refractivity contribution in [2.75, 3.05) is 11.9 Å². The van der Waals surface area contributed by atoms with Crippen LogP contribution in [0.3, 0.4) is 0 Å². The highest BCUT2D eigenvalue weighted by Gasteiger charge is 2.19. The minimum absolute atomic E-state index is 0.0707. The lowest BCUT2D eigenvalue weighted by molar-refractivity contribution is -0.118. The summed E-state index contributed by atoms with van der Waals surface area (Å²) in [6.45, 7) is 10.2. The van der Waals surface area contributed by atoms with Gasteiger partial charge >= 0.3 is 0 Å². The smallest absolute Gasteiger partial charge is 0.262 e. The molecule has 0 saturated carbocycles. The summed E-state index contributed by atoms with van der Waals surface area (Å²) in [5.41, 5.74) is 2.17. The van der Waals surface area contributed by atoms with Gasteiger partial charge in [-0.1, -0.05) is 45.9 Å². The van der Waals surface area contributed by atoms with E-state index in [4.69, 9.17) is 4.74 Å². The second kappa shape index (κ2) is 9.40. The Labute approximate surface area is 167 Å². The van der Waals surface area contributed by atoms with Gasteiger partial charge in [-0.2, -0.15) is 0 Å². The lowest BCUT2D eigenvalue weighted by atomic mass is 9.86. The van der Waals surface area contributed by atoms with Crippen LogP contribution in [0, 0.1) is 0 Å². The molecule has 0 aliphatic rings. The molecule has 2 N–H and O–H groups in total. The molecule has 0 heterocycles. The van der Waals surface area contributed by atoms with Crippen molar-refractivity contribution in [1.29, 1.82) is 0 Å². The monoisotopic (exact) mass is 382 g/mol. The van der Waals surface area contributed by atoms with E-state index in [-0.39, 0.29) is 29.9 Å². The van der Waals surface area contributed by atoms with Crippen LogP contribution in [0.1, 0.15) is 57.0 Å². The molecule has 150 valence electrons. The molecule has 0 aliphatic heterocycles. The van der Waals surface area contributed by atoms with Crippen molar-refractivity contribution in [3.05, 3.63) is 59.7 Å². The summed E-state index contributed by atoms with van der Waals surface area (Å²) in [6, 6.07) is 14.7. The molecule has 0 radical (unpaired) electrons. The van der Waals surface area contributed by atoms with Gasteiger partial charge in [0.05, 0.1) is 0 Å². The molecule has 2 aromatic rings. The average molecular weight is 383 g/mol. The summed E-state index contributed by atoms with van der Waals surface area (Å²) in [6.07, 6.45) is 0.873. The van der Waals surface area contributed by atoms with Gasteiger partial charge in [0.15, 0.2) is 6.61 Å². The predicted molar refractivity (Wildman–Crippen MR) is 113 cm³/mol. The molecule has 0 aromatic heterocycles. The number of anilines is 1. The van der Waals surface area contributed by atoms with Crippen molar-refractivity contribution in [3.63, 3.8) is 0 Å². The number of amides is 2. The number of para-hydroxylation sites is 1. The lowest BCUT2D eigenvalue weighted by Crippen LogP contribution is -2.31. The number of rotatable bonds is 7. The highest BCUT2D eigenvalue weighted by molar-refractivity contribution is 5.96. The second-order valence-electron chi connectivity index (χ2n) is 7.94. The number of hydrogen-bond donors (Lipinski definition) is 2. The minimum Gasteiger partial charge on any atom is -0.483 e. The Morgan fingerprint density at radius 1 is 1.04 bits per heavy atom. The average Bonchev–Trinajstić information content (AvgIpc) is 2.66. The van der Waals surface area contributed by atoms with Crippen molar-refractivity contribution >= 4 is 17.5 Å². The Morgan fingerprint density at radius 2 is 1.68 bits per heavy atom. The van der Waals surface area contributed by atoms with Crippen molar-refractivity contribution in [3.8, 4) is 5.75 Å². The summed E-state index contributed by atoms with van der Waals surface area (Å²) in [7, 11) is 0. The Hall–Kier alpha value is -2.82. The van der Waals surface area contributed by atoms with Gasteiger partial charge in [-0.3, -0.25) is 9.59 Å². The van der Waals surface area contributed by atoms with Crippen molar-refractivity contribution in [2.24, 2.45) is 0 Å². The number of carbonyl (C=O) groups excluding carboxylic acids is 2. The molecule has 1 atom stereocenters. The largest absolute Gasteiger partial charge is 0.483 e. The third kappa shape index (κ3) is 6.12. The molecular weight excluding hydrogens is 352 g/mol. The Balaban J connectivity index is 1.93. The fourth-order valence-electron chi connectivity index (χ4n) is 2.67. The molecule has 1 unspecified atom stereocenters. The number of ether oxygens (including phenoxy) is 1. The van der Waals surface area contributed by atoms with Crippen LogP contribution in [-0.4, -0.2) is 24.5 Å². The molecule has 5 nitrogen and oxygen atoms in total. The quantitative estimate of drug-likeness (QED) is 0.739. The van der Waals surface area contributed by atoms with E-state index >= 15 is 0 Å².